The van der Waals surface area contributed by atoms with Crippen molar-refractivity contribution in [3.05, 3.63) is 53.6 Å². The topological polar surface area (TPSA) is 61.8 Å². The van der Waals surface area contributed by atoms with E-state index in [1.165, 1.54) is 14.0 Å². The Morgan fingerprint density at radius 3 is 2.48 bits per heavy atom. The van der Waals surface area contributed by atoms with Crippen molar-refractivity contribution in [2.75, 3.05) is 13.7 Å². The first-order chi connectivity index (χ1) is 11.0. The van der Waals surface area contributed by atoms with E-state index < -0.39 is 5.97 Å². The lowest BCUT2D eigenvalue weighted by Gasteiger charge is -2.11. The zero-order valence-electron chi connectivity index (χ0n) is 13.3. The summed E-state index contributed by atoms with van der Waals surface area (Å²) < 4.78 is 15.8. The lowest BCUT2D eigenvalue weighted by atomic mass is 10.1. The van der Waals surface area contributed by atoms with Crippen LogP contribution in [0.5, 0.6) is 17.2 Å². The Balaban J connectivity index is 2.00. The predicted octanol–water partition coefficient (Wildman–Crippen LogP) is 3.19. The minimum Gasteiger partial charge on any atom is -0.493 e. The van der Waals surface area contributed by atoms with Crippen LogP contribution in [0.25, 0.3) is 0 Å². The molecule has 0 saturated carbocycles. The third-order valence-corrected chi connectivity index (χ3v) is 3.14. The standard InChI is InChI=1S/C18H18O5/c1-12-5-4-6-15(9-12)23-18(20)11-22-16-8-7-14(13(2)19)10-17(16)21-3/h4-10H,11H2,1-3H3. The molecule has 2 rings (SSSR count). The summed E-state index contributed by atoms with van der Waals surface area (Å²) in [5.41, 5.74) is 1.51. The lowest BCUT2D eigenvalue weighted by Crippen LogP contribution is -2.18. The van der Waals surface area contributed by atoms with Gasteiger partial charge in [0, 0.05) is 5.56 Å². The molecule has 5 nitrogen and oxygen atoms in total. The molecule has 0 fully saturated rings. The molecule has 0 radical (unpaired) electrons. The van der Waals surface area contributed by atoms with Crippen molar-refractivity contribution in [3.63, 3.8) is 0 Å². The SMILES string of the molecule is COc1cc(C(C)=O)ccc1OCC(=O)Oc1cccc(C)c1. The second kappa shape index (κ2) is 7.45. The molecule has 0 spiro atoms. The van der Waals surface area contributed by atoms with Crippen LogP contribution in [0.2, 0.25) is 0 Å². The maximum atomic E-state index is 11.8. The van der Waals surface area contributed by atoms with Crippen LogP contribution >= 0.6 is 0 Å². The molecule has 23 heavy (non-hydrogen) atoms. The maximum absolute atomic E-state index is 11.8. The number of hydrogen-bond donors (Lipinski definition) is 0. The third kappa shape index (κ3) is 4.57. The highest BCUT2D eigenvalue weighted by molar-refractivity contribution is 5.94. The van der Waals surface area contributed by atoms with E-state index in [0.29, 0.717) is 22.8 Å². The molecule has 0 aliphatic heterocycles. The third-order valence-electron chi connectivity index (χ3n) is 3.14. The number of ether oxygens (including phenoxy) is 3. The van der Waals surface area contributed by atoms with Gasteiger partial charge in [-0.05, 0) is 49.7 Å². The van der Waals surface area contributed by atoms with Crippen LogP contribution in [0.3, 0.4) is 0 Å². The Hall–Kier alpha value is -2.82. The molecule has 0 N–H and O–H groups in total. The fourth-order valence-corrected chi connectivity index (χ4v) is 1.98. The van der Waals surface area contributed by atoms with Crippen molar-refractivity contribution < 1.29 is 23.8 Å². The Bertz CT molecular complexity index is 721. The van der Waals surface area contributed by atoms with Gasteiger partial charge in [-0.2, -0.15) is 0 Å². The highest BCUT2D eigenvalue weighted by Gasteiger charge is 2.11. The average Bonchev–Trinajstić information content (AvgIpc) is 2.52. The van der Waals surface area contributed by atoms with Crippen LogP contribution < -0.4 is 14.2 Å². The van der Waals surface area contributed by atoms with Gasteiger partial charge in [-0.3, -0.25) is 4.79 Å². The first kappa shape index (κ1) is 16.5. The number of aryl methyl sites for hydroxylation is 1. The summed E-state index contributed by atoms with van der Waals surface area (Å²) in [5, 5.41) is 0. The summed E-state index contributed by atoms with van der Waals surface area (Å²) >= 11 is 0. The molecular formula is C18H18O5. The molecule has 0 aliphatic rings. The molecule has 2 aromatic carbocycles. The van der Waals surface area contributed by atoms with Gasteiger partial charge in [-0.15, -0.1) is 0 Å². The van der Waals surface area contributed by atoms with Gasteiger partial charge in [-0.25, -0.2) is 4.79 Å². The van der Waals surface area contributed by atoms with E-state index in [4.69, 9.17) is 14.2 Å². The van der Waals surface area contributed by atoms with Gasteiger partial charge < -0.3 is 14.2 Å². The lowest BCUT2D eigenvalue weighted by molar-refractivity contribution is -0.136. The first-order valence-corrected chi connectivity index (χ1v) is 7.08. The Morgan fingerprint density at radius 2 is 1.83 bits per heavy atom. The van der Waals surface area contributed by atoms with E-state index in [-0.39, 0.29) is 12.4 Å². The van der Waals surface area contributed by atoms with Crippen LogP contribution in [0.4, 0.5) is 0 Å². The van der Waals surface area contributed by atoms with E-state index in [1.807, 2.05) is 19.1 Å². The zero-order chi connectivity index (χ0) is 16.8. The molecule has 2 aromatic rings. The number of esters is 1. The Kier molecular flexibility index (Phi) is 5.36. The predicted molar refractivity (Wildman–Crippen MR) is 85.3 cm³/mol. The number of methoxy groups -OCH3 is 1. The van der Waals surface area contributed by atoms with Gasteiger partial charge >= 0.3 is 5.97 Å². The number of carbonyl (C=O) groups excluding carboxylic acids is 2. The highest BCUT2D eigenvalue weighted by atomic mass is 16.6. The summed E-state index contributed by atoms with van der Waals surface area (Å²) in [7, 11) is 1.47. The fourth-order valence-electron chi connectivity index (χ4n) is 1.98. The van der Waals surface area contributed by atoms with Crippen LogP contribution in [-0.4, -0.2) is 25.5 Å². The summed E-state index contributed by atoms with van der Waals surface area (Å²) in [6.07, 6.45) is 0. The minimum atomic E-state index is -0.520. The van der Waals surface area contributed by atoms with Crippen LogP contribution in [0.15, 0.2) is 42.5 Å². The largest absolute Gasteiger partial charge is 0.493 e. The quantitative estimate of drug-likeness (QED) is 0.465. The fraction of sp³-hybridized carbons (Fsp3) is 0.222. The van der Waals surface area contributed by atoms with E-state index in [0.717, 1.165) is 5.56 Å². The minimum absolute atomic E-state index is 0.0753. The molecule has 0 amide bonds. The number of ketones is 1. The Morgan fingerprint density at radius 1 is 1.04 bits per heavy atom. The molecule has 5 heteroatoms. The molecule has 0 atom stereocenters. The molecular weight excluding hydrogens is 296 g/mol. The number of benzene rings is 2. The van der Waals surface area contributed by atoms with Gasteiger partial charge in [0.15, 0.2) is 23.9 Å². The van der Waals surface area contributed by atoms with Crippen molar-refractivity contribution in [2.24, 2.45) is 0 Å². The van der Waals surface area contributed by atoms with Crippen molar-refractivity contribution in [1.82, 2.24) is 0 Å². The molecule has 0 bridgehead atoms. The van der Waals surface area contributed by atoms with E-state index in [9.17, 15) is 9.59 Å². The average molecular weight is 314 g/mol. The van der Waals surface area contributed by atoms with Gasteiger partial charge in [0.25, 0.3) is 0 Å². The smallest absolute Gasteiger partial charge is 0.349 e. The van der Waals surface area contributed by atoms with Crippen molar-refractivity contribution in [2.45, 2.75) is 13.8 Å². The molecule has 0 heterocycles. The first-order valence-electron chi connectivity index (χ1n) is 7.08. The van der Waals surface area contributed by atoms with Gasteiger partial charge in [0.05, 0.1) is 7.11 Å². The molecule has 0 saturated heterocycles. The van der Waals surface area contributed by atoms with Crippen LogP contribution in [0, 0.1) is 6.92 Å². The van der Waals surface area contributed by atoms with Crippen molar-refractivity contribution in [3.8, 4) is 17.2 Å². The summed E-state index contributed by atoms with van der Waals surface area (Å²) in [6.45, 7) is 3.12. The van der Waals surface area contributed by atoms with Crippen molar-refractivity contribution in [1.29, 1.82) is 0 Å². The number of Topliss-reactive ketones (excluding diaryl/α,β-unsaturated/α-hetero) is 1. The van der Waals surface area contributed by atoms with Gasteiger partial charge in [0.1, 0.15) is 5.75 Å². The van der Waals surface area contributed by atoms with E-state index in [1.54, 1.807) is 30.3 Å². The number of rotatable bonds is 6. The van der Waals surface area contributed by atoms with Crippen LogP contribution in [-0.2, 0) is 4.79 Å². The summed E-state index contributed by atoms with van der Waals surface area (Å²) in [5.74, 6) is 0.638. The second-order valence-electron chi connectivity index (χ2n) is 5.00. The van der Waals surface area contributed by atoms with Gasteiger partial charge in [0.2, 0.25) is 0 Å². The van der Waals surface area contributed by atoms with Crippen LogP contribution in [0.1, 0.15) is 22.8 Å². The highest BCUT2D eigenvalue weighted by Crippen LogP contribution is 2.28. The zero-order valence-corrected chi connectivity index (χ0v) is 13.3. The molecule has 120 valence electrons. The maximum Gasteiger partial charge on any atom is 0.349 e. The Labute approximate surface area is 134 Å². The van der Waals surface area contributed by atoms with E-state index >= 15 is 0 Å². The number of carbonyl (C=O) groups is 2. The monoisotopic (exact) mass is 314 g/mol. The molecule has 0 aromatic heterocycles. The summed E-state index contributed by atoms with van der Waals surface area (Å²) in [4.78, 5) is 23.2. The molecule has 0 unspecified atom stereocenters. The van der Waals surface area contributed by atoms with E-state index in [2.05, 4.69) is 0 Å². The summed E-state index contributed by atoms with van der Waals surface area (Å²) in [6, 6.07) is 12.0. The normalized spacial score (nSPS) is 10.0. The van der Waals surface area contributed by atoms with Crippen molar-refractivity contribution >= 4 is 11.8 Å². The molecule has 0 aliphatic carbocycles. The van der Waals surface area contributed by atoms with Gasteiger partial charge in [-0.1, -0.05) is 12.1 Å². The number of hydrogen-bond acceptors (Lipinski definition) is 5. The second-order valence-corrected chi connectivity index (χ2v) is 5.00.